The molecule has 1 N–H and O–H groups in total. The van der Waals surface area contributed by atoms with E-state index >= 15 is 0 Å². The quantitative estimate of drug-likeness (QED) is 0.549. The number of hydrogen-bond donors (Lipinski definition) is 1. The van der Waals surface area contributed by atoms with Crippen molar-refractivity contribution in [3.63, 3.8) is 0 Å². The summed E-state index contributed by atoms with van der Waals surface area (Å²) in [5.41, 5.74) is 0.774. The van der Waals surface area contributed by atoms with E-state index in [0.29, 0.717) is 23.4 Å². The van der Waals surface area contributed by atoms with Crippen LogP contribution in [-0.4, -0.2) is 27.6 Å². The molecule has 0 fully saturated rings. The van der Waals surface area contributed by atoms with Crippen LogP contribution in [0.3, 0.4) is 0 Å². The minimum Gasteiger partial charge on any atom is -0.344 e. The number of hydrogen-bond acceptors (Lipinski definition) is 5. The standard InChI is InChI=1S/C21H18F4N4OS/c1-11-4-6-15(12(2)8-11)21(24,25)10-26-19(30)18-20(29-28-13(3)27-18)31-17-7-5-14(22)9-16(17)23/h4-9H,10H2,1-3H3,(H,26,30). The summed E-state index contributed by atoms with van der Waals surface area (Å²) in [6.45, 7) is 3.88. The van der Waals surface area contributed by atoms with Gasteiger partial charge in [0.15, 0.2) is 10.7 Å². The van der Waals surface area contributed by atoms with E-state index in [0.717, 1.165) is 11.6 Å². The minimum atomic E-state index is -3.32. The average molecular weight is 450 g/mol. The smallest absolute Gasteiger partial charge is 0.290 e. The normalized spacial score (nSPS) is 11.5. The van der Waals surface area contributed by atoms with Crippen molar-refractivity contribution < 1.29 is 22.4 Å². The van der Waals surface area contributed by atoms with Gasteiger partial charge in [-0.2, -0.15) is 8.78 Å². The number of alkyl halides is 2. The van der Waals surface area contributed by atoms with Crippen LogP contribution < -0.4 is 5.32 Å². The van der Waals surface area contributed by atoms with E-state index in [4.69, 9.17) is 0 Å². The zero-order chi connectivity index (χ0) is 22.8. The van der Waals surface area contributed by atoms with Crippen LogP contribution in [0, 0.1) is 32.4 Å². The molecule has 0 unspecified atom stereocenters. The van der Waals surface area contributed by atoms with Crippen LogP contribution in [0.2, 0.25) is 0 Å². The highest BCUT2D eigenvalue weighted by Gasteiger charge is 2.34. The van der Waals surface area contributed by atoms with Crippen molar-refractivity contribution in [2.45, 2.75) is 36.6 Å². The van der Waals surface area contributed by atoms with E-state index in [1.165, 1.54) is 19.1 Å². The monoisotopic (exact) mass is 450 g/mol. The van der Waals surface area contributed by atoms with Crippen LogP contribution in [0.4, 0.5) is 17.6 Å². The van der Waals surface area contributed by atoms with Crippen LogP contribution in [0.5, 0.6) is 0 Å². The molecule has 0 saturated carbocycles. The Balaban J connectivity index is 1.82. The second-order valence-electron chi connectivity index (χ2n) is 6.90. The predicted octanol–water partition coefficient (Wildman–Crippen LogP) is 4.75. The van der Waals surface area contributed by atoms with Crippen molar-refractivity contribution in [3.8, 4) is 0 Å². The van der Waals surface area contributed by atoms with E-state index in [-0.39, 0.29) is 27.0 Å². The third-order valence-electron chi connectivity index (χ3n) is 4.32. The zero-order valence-electron chi connectivity index (χ0n) is 16.8. The molecule has 10 heteroatoms. The summed E-state index contributed by atoms with van der Waals surface area (Å²) < 4.78 is 56.5. The van der Waals surface area contributed by atoms with Crippen LogP contribution in [0.15, 0.2) is 46.3 Å². The molecule has 0 radical (unpaired) electrons. The van der Waals surface area contributed by atoms with Crippen LogP contribution in [-0.2, 0) is 5.92 Å². The number of halogens is 4. The number of benzene rings is 2. The molecule has 1 heterocycles. The van der Waals surface area contributed by atoms with Gasteiger partial charge in [0.05, 0.1) is 6.54 Å². The molecule has 0 bridgehead atoms. The number of aryl methyl sites for hydroxylation is 3. The topological polar surface area (TPSA) is 67.8 Å². The lowest BCUT2D eigenvalue weighted by Gasteiger charge is -2.20. The molecule has 3 aromatic rings. The summed E-state index contributed by atoms with van der Waals surface area (Å²) in [6, 6.07) is 7.43. The van der Waals surface area contributed by atoms with Gasteiger partial charge >= 0.3 is 0 Å². The second kappa shape index (κ2) is 9.01. The number of nitrogens with one attached hydrogen (secondary N) is 1. The van der Waals surface area contributed by atoms with Crippen molar-refractivity contribution >= 4 is 17.7 Å². The number of amides is 1. The molecule has 0 aliphatic rings. The Labute approximate surface area is 180 Å². The maximum absolute atomic E-state index is 14.7. The highest BCUT2D eigenvalue weighted by Crippen LogP contribution is 2.32. The number of carbonyl (C=O) groups is 1. The Kier molecular flexibility index (Phi) is 6.59. The third-order valence-corrected chi connectivity index (χ3v) is 5.34. The number of nitrogens with zero attached hydrogens (tertiary/aromatic N) is 3. The number of rotatable bonds is 6. The van der Waals surface area contributed by atoms with Crippen molar-refractivity contribution in [1.29, 1.82) is 0 Å². The van der Waals surface area contributed by atoms with E-state index in [2.05, 4.69) is 20.5 Å². The fourth-order valence-electron chi connectivity index (χ4n) is 2.87. The first-order valence-corrected chi connectivity index (χ1v) is 9.96. The molecule has 162 valence electrons. The predicted molar refractivity (Wildman–Crippen MR) is 107 cm³/mol. The number of aromatic nitrogens is 3. The highest BCUT2D eigenvalue weighted by atomic mass is 32.2. The fourth-order valence-corrected chi connectivity index (χ4v) is 3.69. The molecular formula is C21H18F4N4OS. The van der Waals surface area contributed by atoms with Gasteiger partial charge < -0.3 is 5.32 Å². The van der Waals surface area contributed by atoms with Gasteiger partial charge in [0.2, 0.25) is 0 Å². The first kappa shape index (κ1) is 22.7. The second-order valence-corrected chi connectivity index (χ2v) is 7.93. The molecule has 0 spiro atoms. The van der Waals surface area contributed by atoms with Crippen LogP contribution in [0.1, 0.15) is 33.0 Å². The van der Waals surface area contributed by atoms with Gasteiger partial charge in [-0.3, -0.25) is 4.79 Å². The molecule has 1 amide bonds. The molecule has 0 aliphatic heterocycles. The molecule has 31 heavy (non-hydrogen) atoms. The Morgan fingerprint density at radius 1 is 1.06 bits per heavy atom. The molecule has 2 aromatic carbocycles. The lowest BCUT2D eigenvalue weighted by Crippen LogP contribution is -2.36. The molecule has 0 saturated heterocycles. The molecule has 3 rings (SSSR count). The molecule has 1 aromatic heterocycles. The SMILES string of the molecule is Cc1ccc(C(F)(F)CNC(=O)c2nc(C)nnc2Sc2ccc(F)cc2F)c(C)c1. The minimum absolute atomic E-state index is 0.0176. The van der Waals surface area contributed by atoms with Crippen molar-refractivity contribution in [2.24, 2.45) is 0 Å². The van der Waals surface area contributed by atoms with Gasteiger partial charge in [-0.1, -0.05) is 35.5 Å². The molecule has 0 atom stereocenters. The summed E-state index contributed by atoms with van der Waals surface area (Å²) >= 11 is 0.694. The number of carbonyl (C=O) groups excluding carboxylic acids is 1. The van der Waals surface area contributed by atoms with Gasteiger partial charge in [0.1, 0.15) is 17.5 Å². The van der Waals surface area contributed by atoms with E-state index < -0.39 is 30.0 Å². The Morgan fingerprint density at radius 3 is 2.48 bits per heavy atom. The fraction of sp³-hybridized carbons (Fsp3) is 0.238. The van der Waals surface area contributed by atoms with E-state index in [9.17, 15) is 22.4 Å². The maximum atomic E-state index is 14.7. The van der Waals surface area contributed by atoms with Gasteiger partial charge in [-0.05, 0) is 38.5 Å². The van der Waals surface area contributed by atoms with Gasteiger partial charge in [0, 0.05) is 16.5 Å². The molecule has 5 nitrogen and oxygen atoms in total. The zero-order valence-corrected chi connectivity index (χ0v) is 17.7. The first-order valence-electron chi connectivity index (χ1n) is 9.15. The van der Waals surface area contributed by atoms with Crippen molar-refractivity contribution in [3.05, 3.63) is 76.2 Å². The first-order chi connectivity index (χ1) is 14.6. The Bertz CT molecular complexity index is 1140. The average Bonchev–Trinajstić information content (AvgIpc) is 2.69. The van der Waals surface area contributed by atoms with Crippen LogP contribution in [0.25, 0.3) is 0 Å². The van der Waals surface area contributed by atoms with Crippen LogP contribution >= 0.6 is 11.8 Å². The van der Waals surface area contributed by atoms with E-state index in [1.54, 1.807) is 26.0 Å². The summed E-state index contributed by atoms with van der Waals surface area (Å²) in [5.74, 6) is -5.72. The Hall–Kier alpha value is -3.01. The Morgan fingerprint density at radius 2 is 1.81 bits per heavy atom. The van der Waals surface area contributed by atoms with E-state index in [1.807, 2.05) is 0 Å². The highest BCUT2D eigenvalue weighted by molar-refractivity contribution is 7.99. The summed E-state index contributed by atoms with van der Waals surface area (Å²) in [6.07, 6.45) is 0. The summed E-state index contributed by atoms with van der Waals surface area (Å²) in [4.78, 5) is 16.6. The van der Waals surface area contributed by atoms with Crippen molar-refractivity contribution in [2.75, 3.05) is 6.54 Å². The van der Waals surface area contributed by atoms with Gasteiger partial charge in [-0.15, -0.1) is 10.2 Å². The van der Waals surface area contributed by atoms with Crippen molar-refractivity contribution in [1.82, 2.24) is 20.5 Å². The van der Waals surface area contributed by atoms with Gasteiger partial charge in [0.25, 0.3) is 11.8 Å². The molecular weight excluding hydrogens is 432 g/mol. The maximum Gasteiger partial charge on any atom is 0.290 e. The largest absolute Gasteiger partial charge is 0.344 e. The summed E-state index contributed by atoms with van der Waals surface area (Å²) in [5, 5.41) is 9.64. The lowest BCUT2D eigenvalue weighted by atomic mass is 10.0. The summed E-state index contributed by atoms with van der Waals surface area (Å²) in [7, 11) is 0. The lowest BCUT2D eigenvalue weighted by molar-refractivity contribution is -0.00316. The molecule has 0 aliphatic carbocycles. The van der Waals surface area contributed by atoms with Gasteiger partial charge in [-0.25, -0.2) is 13.8 Å². The third kappa shape index (κ3) is 5.38.